The quantitative estimate of drug-likeness (QED) is 0.708. The maximum Gasteiger partial charge on any atom is 0.124 e. The summed E-state index contributed by atoms with van der Waals surface area (Å²) in [5, 5.41) is 1.14. The SMILES string of the molecule is Nc1cc2c(I)c[nH]c2cn1. The van der Waals surface area contributed by atoms with Gasteiger partial charge in [-0.25, -0.2) is 4.98 Å². The Balaban J connectivity index is 2.87. The fourth-order valence-electron chi connectivity index (χ4n) is 1.00. The average Bonchev–Trinajstić information content (AvgIpc) is 2.33. The first-order valence-electron chi connectivity index (χ1n) is 3.15. The van der Waals surface area contributed by atoms with Gasteiger partial charge in [0.25, 0.3) is 0 Å². The summed E-state index contributed by atoms with van der Waals surface area (Å²) in [5.41, 5.74) is 6.55. The van der Waals surface area contributed by atoms with E-state index in [1.165, 1.54) is 3.57 Å². The summed E-state index contributed by atoms with van der Waals surface area (Å²) >= 11 is 2.26. The highest BCUT2D eigenvalue weighted by Crippen LogP contribution is 2.20. The van der Waals surface area contributed by atoms with Crippen molar-refractivity contribution in [2.45, 2.75) is 0 Å². The number of anilines is 1. The predicted molar refractivity (Wildman–Crippen MR) is 53.2 cm³/mol. The highest BCUT2D eigenvalue weighted by molar-refractivity contribution is 14.1. The second-order valence-corrected chi connectivity index (χ2v) is 3.45. The lowest BCUT2D eigenvalue weighted by molar-refractivity contribution is 1.34. The fraction of sp³-hybridized carbons (Fsp3) is 0. The van der Waals surface area contributed by atoms with Gasteiger partial charge in [0, 0.05) is 15.2 Å². The van der Waals surface area contributed by atoms with E-state index in [4.69, 9.17) is 5.73 Å². The molecule has 2 heterocycles. The molecule has 0 fully saturated rings. The minimum Gasteiger partial charge on any atom is -0.384 e. The van der Waals surface area contributed by atoms with Crippen molar-refractivity contribution in [2.24, 2.45) is 0 Å². The number of nitrogens with zero attached hydrogens (tertiary/aromatic N) is 1. The Morgan fingerprint density at radius 3 is 3.18 bits per heavy atom. The first kappa shape index (κ1) is 6.90. The monoisotopic (exact) mass is 259 g/mol. The number of halogens is 1. The minimum atomic E-state index is 0.565. The summed E-state index contributed by atoms with van der Waals surface area (Å²) in [7, 11) is 0. The summed E-state index contributed by atoms with van der Waals surface area (Å²) in [4.78, 5) is 7.05. The molecule has 2 rings (SSSR count). The van der Waals surface area contributed by atoms with E-state index in [-0.39, 0.29) is 0 Å². The van der Waals surface area contributed by atoms with Gasteiger partial charge in [0.1, 0.15) is 5.82 Å². The van der Waals surface area contributed by atoms with E-state index in [2.05, 4.69) is 32.6 Å². The smallest absolute Gasteiger partial charge is 0.124 e. The standard InChI is InChI=1S/C7H6IN3/c8-5-2-10-6-3-11-7(9)1-4(5)6/h1-3,10H,(H2,9,11). The number of nitrogen functional groups attached to an aromatic ring is 1. The van der Waals surface area contributed by atoms with E-state index in [0.29, 0.717) is 5.82 Å². The number of H-pyrrole nitrogens is 1. The Labute approximate surface area is 77.1 Å². The van der Waals surface area contributed by atoms with Gasteiger partial charge in [-0.15, -0.1) is 0 Å². The molecule has 0 bridgehead atoms. The largest absolute Gasteiger partial charge is 0.384 e. The van der Waals surface area contributed by atoms with E-state index < -0.39 is 0 Å². The van der Waals surface area contributed by atoms with Crippen LogP contribution in [0.25, 0.3) is 10.9 Å². The molecule has 0 aliphatic carbocycles. The molecule has 0 spiro atoms. The van der Waals surface area contributed by atoms with Crippen LogP contribution < -0.4 is 5.73 Å². The van der Waals surface area contributed by atoms with Crippen molar-refractivity contribution in [3.05, 3.63) is 22.0 Å². The highest BCUT2D eigenvalue weighted by atomic mass is 127. The van der Waals surface area contributed by atoms with Gasteiger partial charge in [0.15, 0.2) is 0 Å². The zero-order valence-electron chi connectivity index (χ0n) is 5.63. The van der Waals surface area contributed by atoms with Gasteiger partial charge in [-0.1, -0.05) is 0 Å². The van der Waals surface area contributed by atoms with E-state index in [9.17, 15) is 0 Å². The van der Waals surface area contributed by atoms with Crippen molar-refractivity contribution in [1.82, 2.24) is 9.97 Å². The number of fused-ring (bicyclic) bond motifs is 1. The number of hydrogen-bond acceptors (Lipinski definition) is 2. The number of hydrogen-bond donors (Lipinski definition) is 2. The lowest BCUT2D eigenvalue weighted by atomic mass is 10.3. The van der Waals surface area contributed by atoms with Crippen LogP contribution in [0, 0.1) is 3.57 Å². The molecule has 0 amide bonds. The Hall–Kier alpha value is -0.780. The van der Waals surface area contributed by atoms with Gasteiger partial charge in [-0.05, 0) is 28.7 Å². The zero-order chi connectivity index (χ0) is 7.84. The van der Waals surface area contributed by atoms with Crippen LogP contribution in [0.3, 0.4) is 0 Å². The Kier molecular flexibility index (Phi) is 1.49. The first-order chi connectivity index (χ1) is 5.27. The third-order valence-corrected chi connectivity index (χ3v) is 2.43. The van der Waals surface area contributed by atoms with E-state index in [1.54, 1.807) is 6.20 Å². The van der Waals surface area contributed by atoms with Gasteiger partial charge in [0.2, 0.25) is 0 Å². The molecule has 0 aliphatic heterocycles. The molecule has 0 aromatic carbocycles. The molecular formula is C7H6IN3. The summed E-state index contributed by atoms with van der Waals surface area (Å²) in [6, 6.07) is 1.87. The predicted octanol–water partition coefficient (Wildman–Crippen LogP) is 1.75. The molecular weight excluding hydrogens is 253 g/mol. The third kappa shape index (κ3) is 1.07. The number of rotatable bonds is 0. The van der Waals surface area contributed by atoms with Crippen molar-refractivity contribution in [1.29, 1.82) is 0 Å². The lowest BCUT2D eigenvalue weighted by Crippen LogP contribution is -1.87. The number of aromatic amines is 1. The average molecular weight is 259 g/mol. The maximum absolute atomic E-state index is 5.52. The van der Waals surface area contributed by atoms with Crippen LogP contribution in [0.1, 0.15) is 0 Å². The van der Waals surface area contributed by atoms with Crippen LogP contribution in [-0.4, -0.2) is 9.97 Å². The fourth-order valence-corrected chi connectivity index (χ4v) is 1.60. The summed E-state index contributed by atoms with van der Waals surface area (Å²) in [6.45, 7) is 0. The van der Waals surface area contributed by atoms with Crippen LogP contribution in [0.15, 0.2) is 18.5 Å². The normalized spacial score (nSPS) is 10.6. The van der Waals surface area contributed by atoms with Crippen LogP contribution in [0.4, 0.5) is 5.82 Å². The van der Waals surface area contributed by atoms with E-state index >= 15 is 0 Å². The Morgan fingerprint density at radius 2 is 2.36 bits per heavy atom. The lowest BCUT2D eigenvalue weighted by Gasteiger charge is -1.91. The highest BCUT2D eigenvalue weighted by Gasteiger charge is 1.99. The molecule has 0 atom stereocenters. The molecule has 0 aliphatic rings. The summed E-state index contributed by atoms with van der Waals surface area (Å²) in [5.74, 6) is 0.565. The molecule has 0 radical (unpaired) electrons. The zero-order valence-corrected chi connectivity index (χ0v) is 7.79. The first-order valence-corrected chi connectivity index (χ1v) is 4.23. The topological polar surface area (TPSA) is 54.7 Å². The number of nitrogens with two attached hydrogens (primary N) is 1. The maximum atomic E-state index is 5.52. The van der Waals surface area contributed by atoms with Crippen LogP contribution in [0.5, 0.6) is 0 Å². The second kappa shape index (κ2) is 2.37. The van der Waals surface area contributed by atoms with Crippen LogP contribution in [-0.2, 0) is 0 Å². The summed E-state index contributed by atoms with van der Waals surface area (Å²) < 4.78 is 1.17. The van der Waals surface area contributed by atoms with Gasteiger partial charge < -0.3 is 10.7 Å². The van der Waals surface area contributed by atoms with E-state index in [0.717, 1.165) is 10.9 Å². The number of nitrogens with one attached hydrogen (secondary N) is 1. The number of pyridine rings is 1. The molecule has 56 valence electrons. The van der Waals surface area contributed by atoms with Gasteiger partial charge in [-0.3, -0.25) is 0 Å². The van der Waals surface area contributed by atoms with Crippen molar-refractivity contribution in [2.75, 3.05) is 5.73 Å². The molecule has 11 heavy (non-hydrogen) atoms. The van der Waals surface area contributed by atoms with Gasteiger partial charge in [-0.2, -0.15) is 0 Å². The van der Waals surface area contributed by atoms with Crippen molar-refractivity contribution in [3.8, 4) is 0 Å². The Bertz CT molecular complexity index is 393. The van der Waals surface area contributed by atoms with Gasteiger partial charge >= 0.3 is 0 Å². The van der Waals surface area contributed by atoms with Gasteiger partial charge in [0.05, 0.1) is 11.7 Å². The molecule has 4 heteroatoms. The van der Waals surface area contributed by atoms with E-state index in [1.807, 2.05) is 12.3 Å². The number of aromatic nitrogens is 2. The molecule has 2 aromatic rings. The molecule has 3 nitrogen and oxygen atoms in total. The molecule has 0 saturated heterocycles. The van der Waals surface area contributed by atoms with Crippen LogP contribution in [0.2, 0.25) is 0 Å². The molecule has 3 N–H and O–H groups in total. The van der Waals surface area contributed by atoms with Crippen molar-refractivity contribution < 1.29 is 0 Å². The second-order valence-electron chi connectivity index (χ2n) is 2.29. The van der Waals surface area contributed by atoms with Crippen molar-refractivity contribution in [3.63, 3.8) is 0 Å². The third-order valence-electron chi connectivity index (χ3n) is 1.54. The molecule has 2 aromatic heterocycles. The summed E-state index contributed by atoms with van der Waals surface area (Å²) in [6.07, 6.45) is 3.68. The minimum absolute atomic E-state index is 0.565. The molecule has 0 saturated carbocycles. The van der Waals surface area contributed by atoms with Crippen molar-refractivity contribution >= 4 is 39.3 Å². The Morgan fingerprint density at radius 1 is 1.55 bits per heavy atom. The van der Waals surface area contributed by atoms with Crippen LogP contribution >= 0.6 is 22.6 Å². The molecule has 0 unspecified atom stereocenters.